The van der Waals surface area contributed by atoms with Crippen molar-refractivity contribution in [2.75, 3.05) is 32.2 Å². The van der Waals surface area contributed by atoms with Crippen LogP contribution in [0.1, 0.15) is 6.42 Å². The highest BCUT2D eigenvalue weighted by atomic mass is 35.5. The van der Waals surface area contributed by atoms with Crippen LogP contribution in [-0.2, 0) is 19.6 Å². The van der Waals surface area contributed by atoms with E-state index in [1.165, 1.54) is 12.1 Å². The first-order chi connectivity index (χ1) is 12.9. The minimum absolute atomic E-state index is 0.00805. The maximum atomic E-state index is 12.1. The number of carbonyl (C=O) groups excluding carboxylic acids is 1. The van der Waals surface area contributed by atoms with Crippen molar-refractivity contribution in [3.8, 4) is 5.75 Å². The van der Waals surface area contributed by atoms with E-state index in [2.05, 4.69) is 10.0 Å². The third kappa shape index (κ3) is 7.18. The Balaban J connectivity index is 1.79. The number of nitrogens with one attached hydrogen (secondary N) is 2. The summed E-state index contributed by atoms with van der Waals surface area (Å²) < 4.78 is 37.0. The lowest BCUT2D eigenvalue weighted by Crippen LogP contribution is -2.27. The number of hydrogen-bond donors (Lipinski definition) is 2. The van der Waals surface area contributed by atoms with Gasteiger partial charge in [0, 0.05) is 30.8 Å². The van der Waals surface area contributed by atoms with Crippen LogP contribution in [0.3, 0.4) is 0 Å². The van der Waals surface area contributed by atoms with Crippen LogP contribution < -0.4 is 14.8 Å². The maximum Gasteiger partial charge on any atom is 0.240 e. The summed E-state index contributed by atoms with van der Waals surface area (Å²) in [4.78, 5) is 12.0. The molecule has 0 radical (unpaired) electrons. The summed E-state index contributed by atoms with van der Waals surface area (Å²) in [5.41, 5.74) is 0.594. The molecule has 1 amide bonds. The lowest BCUT2D eigenvalue weighted by atomic mass is 10.3. The number of halogens is 1. The molecule has 0 saturated carbocycles. The van der Waals surface area contributed by atoms with Gasteiger partial charge in [-0.3, -0.25) is 4.79 Å². The molecule has 0 aliphatic rings. The number of sulfonamides is 1. The lowest BCUT2D eigenvalue weighted by Gasteiger charge is -2.09. The average molecular weight is 413 g/mol. The molecule has 0 aliphatic heterocycles. The second-order valence-electron chi connectivity index (χ2n) is 5.52. The topological polar surface area (TPSA) is 93.7 Å². The summed E-state index contributed by atoms with van der Waals surface area (Å²) in [5.74, 6) is 0.358. The van der Waals surface area contributed by atoms with E-state index in [9.17, 15) is 13.2 Å². The zero-order valence-electron chi connectivity index (χ0n) is 14.8. The van der Waals surface area contributed by atoms with Crippen LogP contribution in [0.4, 0.5) is 5.69 Å². The van der Waals surface area contributed by atoms with E-state index in [1.807, 2.05) is 0 Å². The molecule has 0 fully saturated rings. The first-order valence-corrected chi connectivity index (χ1v) is 10.0. The van der Waals surface area contributed by atoms with E-state index in [-0.39, 0.29) is 23.8 Å². The molecule has 146 valence electrons. The summed E-state index contributed by atoms with van der Waals surface area (Å²) in [6.07, 6.45) is -0.00805. The number of anilines is 1. The first kappa shape index (κ1) is 21.2. The van der Waals surface area contributed by atoms with Gasteiger partial charge in [0.05, 0.1) is 11.5 Å². The quantitative estimate of drug-likeness (QED) is 0.585. The monoisotopic (exact) mass is 412 g/mol. The molecule has 0 spiro atoms. The van der Waals surface area contributed by atoms with Gasteiger partial charge in [-0.25, -0.2) is 13.1 Å². The van der Waals surface area contributed by atoms with Gasteiger partial charge in [0.2, 0.25) is 15.9 Å². The number of ether oxygens (including phenoxy) is 2. The highest BCUT2D eigenvalue weighted by molar-refractivity contribution is 7.89. The molecule has 0 unspecified atom stereocenters. The van der Waals surface area contributed by atoms with Gasteiger partial charge in [-0.15, -0.1) is 0 Å². The van der Waals surface area contributed by atoms with Crippen LogP contribution in [0.5, 0.6) is 5.75 Å². The molecule has 9 heteroatoms. The van der Waals surface area contributed by atoms with Gasteiger partial charge in [-0.1, -0.05) is 17.7 Å². The fraction of sp³-hybridized carbons (Fsp3) is 0.278. The Bertz CT molecular complexity index is 856. The summed E-state index contributed by atoms with van der Waals surface area (Å²) in [6, 6.07) is 12.8. The van der Waals surface area contributed by atoms with Crippen molar-refractivity contribution in [2.45, 2.75) is 11.3 Å². The fourth-order valence-electron chi connectivity index (χ4n) is 2.12. The van der Waals surface area contributed by atoms with Gasteiger partial charge in [-0.05, 0) is 42.5 Å². The van der Waals surface area contributed by atoms with Crippen LogP contribution in [0.25, 0.3) is 0 Å². The second kappa shape index (κ2) is 10.3. The molecular formula is C18H21ClN2O5S. The Morgan fingerprint density at radius 2 is 1.85 bits per heavy atom. The number of rotatable bonds is 10. The molecule has 0 heterocycles. The third-order valence-electron chi connectivity index (χ3n) is 3.44. The van der Waals surface area contributed by atoms with E-state index < -0.39 is 10.0 Å². The highest BCUT2D eigenvalue weighted by Crippen LogP contribution is 2.16. The molecule has 2 aromatic carbocycles. The van der Waals surface area contributed by atoms with Gasteiger partial charge in [-0.2, -0.15) is 0 Å². The normalized spacial score (nSPS) is 11.2. The predicted molar refractivity (Wildman–Crippen MR) is 104 cm³/mol. The van der Waals surface area contributed by atoms with Crippen LogP contribution in [0.15, 0.2) is 53.4 Å². The van der Waals surface area contributed by atoms with Crippen molar-refractivity contribution in [3.05, 3.63) is 53.6 Å². The molecule has 2 aromatic rings. The van der Waals surface area contributed by atoms with E-state index in [1.54, 1.807) is 43.5 Å². The highest BCUT2D eigenvalue weighted by Gasteiger charge is 2.14. The molecule has 0 aliphatic carbocycles. The van der Waals surface area contributed by atoms with E-state index >= 15 is 0 Å². The van der Waals surface area contributed by atoms with Crippen molar-refractivity contribution in [1.82, 2.24) is 4.72 Å². The van der Waals surface area contributed by atoms with Crippen molar-refractivity contribution >= 4 is 33.2 Å². The number of amides is 1. The minimum atomic E-state index is -3.71. The zero-order chi connectivity index (χ0) is 19.7. The Kier molecular flexibility index (Phi) is 8.05. The van der Waals surface area contributed by atoms with Crippen LogP contribution in [0.2, 0.25) is 5.02 Å². The van der Waals surface area contributed by atoms with Crippen molar-refractivity contribution in [2.24, 2.45) is 0 Å². The number of carbonyl (C=O) groups is 1. The summed E-state index contributed by atoms with van der Waals surface area (Å²) in [5, 5.41) is 3.02. The molecule has 7 nitrogen and oxygen atoms in total. The lowest BCUT2D eigenvalue weighted by molar-refractivity contribution is -0.116. The molecule has 0 saturated heterocycles. The van der Waals surface area contributed by atoms with Crippen LogP contribution >= 0.6 is 11.6 Å². The summed E-state index contributed by atoms with van der Waals surface area (Å²) >= 11 is 5.80. The summed E-state index contributed by atoms with van der Waals surface area (Å²) in [7, 11) is -2.11. The summed E-state index contributed by atoms with van der Waals surface area (Å²) in [6.45, 7) is 0.900. The molecule has 0 atom stereocenters. The van der Waals surface area contributed by atoms with Gasteiger partial charge in [0.15, 0.2) is 0 Å². The third-order valence-corrected chi connectivity index (χ3v) is 5.14. The Morgan fingerprint density at radius 1 is 1.11 bits per heavy atom. The SMILES string of the molecule is COCCOc1ccc(NC(=O)CCNS(=O)(=O)c2cccc(Cl)c2)cc1. The molecular weight excluding hydrogens is 392 g/mol. The van der Waals surface area contributed by atoms with E-state index in [0.29, 0.717) is 29.7 Å². The number of hydrogen-bond acceptors (Lipinski definition) is 5. The maximum absolute atomic E-state index is 12.1. The Hall–Kier alpha value is -2.13. The van der Waals surface area contributed by atoms with Crippen molar-refractivity contribution < 1.29 is 22.7 Å². The van der Waals surface area contributed by atoms with Crippen molar-refractivity contribution in [3.63, 3.8) is 0 Å². The Labute approximate surface area is 163 Å². The van der Waals surface area contributed by atoms with E-state index in [0.717, 1.165) is 0 Å². The predicted octanol–water partition coefficient (Wildman–Crippen LogP) is 2.67. The number of benzene rings is 2. The smallest absolute Gasteiger partial charge is 0.240 e. The number of methoxy groups -OCH3 is 1. The molecule has 0 bridgehead atoms. The molecule has 2 N–H and O–H groups in total. The van der Waals surface area contributed by atoms with E-state index in [4.69, 9.17) is 21.1 Å². The van der Waals surface area contributed by atoms with Gasteiger partial charge in [0.1, 0.15) is 12.4 Å². The van der Waals surface area contributed by atoms with Gasteiger partial charge < -0.3 is 14.8 Å². The Morgan fingerprint density at radius 3 is 2.52 bits per heavy atom. The van der Waals surface area contributed by atoms with Gasteiger partial charge >= 0.3 is 0 Å². The fourth-order valence-corrected chi connectivity index (χ4v) is 3.45. The molecule has 2 rings (SSSR count). The largest absolute Gasteiger partial charge is 0.491 e. The van der Waals surface area contributed by atoms with Crippen molar-refractivity contribution in [1.29, 1.82) is 0 Å². The van der Waals surface area contributed by atoms with Crippen LogP contribution in [-0.4, -0.2) is 41.2 Å². The second-order valence-corrected chi connectivity index (χ2v) is 7.72. The first-order valence-electron chi connectivity index (χ1n) is 8.17. The van der Waals surface area contributed by atoms with Gasteiger partial charge in [0.25, 0.3) is 0 Å². The minimum Gasteiger partial charge on any atom is -0.491 e. The molecule has 0 aromatic heterocycles. The standard InChI is InChI=1S/C18H21ClN2O5S/c1-25-11-12-26-16-7-5-15(6-8-16)21-18(22)9-10-20-27(23,24)17-4-2-3-14(19)13-17/h2-8,13,20H,9-12H2,1H3,(H,21,22). The zero-order valence-corrected chi connectivity index (χ0v) is 16.3. The molecule has 27 heavy (non-hydrogen) atoms. The van der Waals surface area contributed by atoms with Crippen LogP contribution in [0, 0.1) is 0 Å². The average Bonchev–Trinajstić information content (AvgIpc) is 2.63.